The molecule has 5 aromatic heterocycles. The number of aromatic nitrogens is 5. The van der Waals surface area contributed by atoms with Crippen molar-refractivity contribution in [1.82, 2.24) is 0 Å². The molecule has 5 nitrogen and oxygen atoms in total. The molecule has 0 aliphatic rings. The van der Waals surface area contributed by atoms with Crippen molar-refractivity contribution in [3.8, 4) is 112 Å². The molecule has 0 saturated carbocycles. The van der Waals surface area contributed by atoms with Gasteiger partial charge < -0.3 is 0 Å². The molecule has 10 aromatic carbocycles. The minimum absolute atomic E-state index is 1.24. The summed E-state index contributed by atoms with van der Waals surface area (Å²) in [6.45, 7) is 13.0. The van der Waals surface area contributed by atoms with Gasteiger partial charge in [-0.15, -0.1) is 0 Å². The molecule has 0 radical (unpaired) electrons. The number of pyridine rings is 5. The fraction of sp³-hybridized carbons (Fsp3) is 0.115. The third kappa shape index (κ3) is 17.8. The average molecular weight is 1320 g/mol. The van der Waals surface area contributed by atoms with E-state index in [1.807, 2.05) is 6.07 Å². The highest BCUT2D eigenvalue weighted by molar-refractivity contribution is 5.75. The molecule has 0 atom stereocenters. The summed E-state index contributed by atoms with van der Waals surface area (Å²) >= 11 is 0. The Morgan fingerprint density at radius 3 is 0.950 bits per heavy atom. The largest absolute Gasteiger partial charge is 0.213 e. The molecule has 0 unspecified atom stereocenters. The Bertz CT molecular complexity index is 4960. The zero-order valence-corrected chi connectivity index (χ0v) is 60.3. The lowest BCUT2D eigenvalue weighted by Gasteiger charge is -2.09. The summed E-state index contributed by atoms with van der Waals surface area (Å²) in [7, 11) is 10.5. The second kappa shape index (κ2) is 33.9. The van der Waals surface area contributed by atoms with Gasteiger partial charge in [-0.1, -0.05) is 231 Å². The Morgan fingerprint density at radius 2 is 0.485 bits per heavy atom. The van der Waals surface area contributed by atoms with E-state index in [1.54, 1.807) is 0 Å². The standard InChI is InChI=1S/C20H20N.4C19H18N/c1-15-9-7-8-12-18(15)20-13-16(2)19(14-21(20)3)17-10-5-4-6-11-17;1-15-8-6-7-11-18(15)19-14-17(12-13-20(19)2)16-9-4-3-5-10-16;1-15-8-6-7-11-18(15)19-13-12-17(14-20(19)2)16-9-4-3-5-10-16;1-15-14-17(16-8-4-3-5-9-16)11-12-18(15)19-10-6-7-13-20(19)2;1-15-11-12-17(16-8-4-3-5-9-16)14-18(15)19-10-6-7-13-20(19)2/h4-14H,1-3H3;4*3-14H,1-2H3/q5*+1. The predicted octanol–water partition coefficient (Wildman–Crippen LogP) is 21.1. The lowest BCUT2D eigenvalue weighted by Crippen LogP contribution is -2.31. The van der Waals surface area contributed by atoms with Crippen LogP contribution in [0.3, 0.4) is 0 Å². The summed E-state index contributed by atoms with van der Waals surface area (Å²) < 4.78 is 10.9. The molecule has 0 amide bonds. The van der Waals surface area contributed by atoms with Crippen molar-refractivity contribution in [3.63, 3.8) is 0 Å². The van der Waals surface area contributed by atoms with Gasteiger partial charge in [0.25, 0.3) is 0 Å². The Hall–Kier alpha value is -12.1. The van der Waals surface area contributed by atoms with Crippen LogP contribution in [-0.4, -0.2) is 0 Å². The second-order valence-corrected chi connectivity index (χ2v) is 25.9. The quantitative estimate of drug-likeness (QED) is 0.122. The van der Waals surface area contributed by atoms with Gasteiger partial charge in [0, 0.05) is 87.5 Å². The SMILES string of the molecule is Cc1cc(-c2ccccc2)ccc1-c1cccc[n+]1C.Cc1cc(-c2ccccc2C)[n+](C)cc1-c1ccccc1.Cc1ccc(-c2ccccc2)cc1-c1cccc[n+]1C.Cc1ccccc1-c1cc(-c2ccccc2)cc[n+]1C.Cc1ccccc1-c1ccc(-c2ccccc2)c[n+]1C. The van der Waals surface area contributed by atoms with E-state index in [0.29, 0.717) is 0 Å². The first-order valence-electron chi connectivity index (χ1n) is 34.7. The maximum absolute atomic E-state index is 2.28. The highest BCUT2D eigenvalue weighted by atomic mass is 14.9. The summed E-state index contributed by atoms with van der Waals surface area (Å²) in [4.78, 5) is 0. The van der Waals surface area contributed by atoms with E-state index in [4.69, 9.17) is 0 Å². The third-order valence-electron chi connectivity index (χ3n) is 18.7. The summed E-state index contributed by atoms with van der Waals surface area (Å²) in [5, 5.41) is 0. The maximum atomic E-state index is 2.28. The van der Waals surface area contributed by atoms with Crippen LogP contribution < -0.4 is 22.8 Å². The van der Waals surface area contributed by atoms with E-state index in [-0.39, 0.29) is 0 Å². The topological polar surface area (TPSA) is 19.4 Å². The first kappa shape index (κ1) is 70.3. The van der Waals surface area contributed by atoms with Crippen LogP contribution in [0.25, 0.3) is 112 Å². The minimum atomic E-state index is 1.24. The van der Waals surface area contributed by atoms with Gasteiger partial charge in [-0.05, 0) is 168 Å². The van der Waals surface area contributed by atoms with E-state index in [2.05, 4.69) is 452 Å². The molecule has 5 heteroatoms. The Morgan fingerprint density at radius 1 is 0.158 bits per heavy atom. The van der Waals surface area contributed by atoms with Crippen LogP contribution in [0.15, 0.2) is 359 Å². The highest BCUT2D eigenvalue weighted by Crippen LogP contribution is 2.32. The van der Waals surface area contributed by atoms with E-state index in [9.17, 15) is 0 Å². The molecular weight excluding hydrogens is 1220 g/mol. The number of aryl methyl sites for hydroxylation is 11. The number of hydrogen-bond donors (Lipinski definition) is 0. The first-order chi connectivity index (χ1) is 49.2. The molecular formula is C96H92N5+5. The summed E-state index contributed by atoms with van der Waals surface area (Å²) in [5.41, 5.74) is 33.1. The minimum Gasteiger partial charge on any atom is -0.201 e. The molecule has 0 aliphatic heterocycles. The molecule has 0 aliphatic carbocycles. The smallest absolute Gasteiger partial charge is 0.201 e. The molecule has 0 fully saturated rings. The second-order valence-electron chi connectivity index (χ2n) is 25.9. The van der Waals surface area contributed by atoms with Crippen molar-refractivity contribution in [2.45, 2.75) is 41.5 Å². The molecule has 0 N–H and O–H groups in total. The van der Waals surface area contributed by atoms with Gasteiger partial charge in [0.1, 0.15) is 35.2 Å². The van der Waals surface area contributed by atoms with Gasteiger partial charge in [0.15, 0.2) is 31.0 Å². The van der Waals surface area contributed by atoms with Crippen LogP contribution in [0.5, 0.6) is 0 Å². The normalized spacial score (nSPS) is 10.5. The fourth-order valence-corrected chi connectivity index (χ4v) is 12.9. The van der Waals surface area contributed by atoms with Crippen molar-refractivity contribution >= 4 is 0 Å². The first-order valence-corrected chi connectivity index (χ1v) is 34.7. The van der Waals surface area contributed by atoms with E-state index < -0.39 is 0 Å². The number of hydrogen-bond acceptors (Lipinski definition) is 0. The molecule has 5 heterocycles. The Kier molecular flexibility index (Phi) is 23.6. The zero-order chi connectivity index (χ0) is 70.6. The van der Waals surface area contributed by atoms with Crippen molar-refractivity contribution in [2.24, 2.45) is 35.2 Å². The zero-order valence-electron chi connectivity index (χ0n) is 60.3. The van der Waals surface area contributed by atoms with Crippen molar-refractivity contribution in [1.29, 1.82) is 0 Å². The van der Waals surface area contributed by atoms with Gasteiger partial charge >= 0.3 is 0 Å². The lowest BCUT2D eigenvalue weighted by atomic mass is 9.97. The van der Waals surface area contributed by atoms with Crippen LogP contribution >= 0.6 is 0 Å². The number of nitrogens with zero attached hydrogens (tertiary/aromatic N) is 5. The Labute approximate surface area is 599 Å². The molecule has 0 saturated heterocycles. The van der Waals surface area contributed by atoms with Crippen molar-refractivity contribution in [3.05, 3.63) is 392 Å². The van der Waals surface area contributed by atoms with Gasteiger partial charge in [0.2, 0.25) is 28.5 Å². The fourth-order valence-electron chi connectivity index (χ4n) is 12.9. The maximum Gasteiger partial charge on any atom is 0.213 e. The van der Waals surface area contributed by atoms with Crippen LogP contribution in [-0.2, 0) is 35.2 Å². The van der Waals surface area contributed by atoms with Crippen molar-refractivity contribution in [2.75, 3.05) is 0 Å². The summed E-state index contributed by atoms with van der Waals surface area (Å²) in [6, 6.07) is 115. The Balaban J connectivity index is 0.000000127. The molecule has 101 heavy (non-hydrogen) atoms. The highest BCUT2D eigenvalue weighted by Gasteiger charge is 2.19. The monoisotopic (exact) mass is 1310 g/mol. The van der Waals surface area contributed by atoms with E-state index in [0.717, 1.165) is 0 Å². The molecule has 496 valence electrons. The van der Waals surface area contributed by atoms with Crippen LogP contribution in [0.4, 0.5) is 0 Å². The van der Waals surface area contributed by atoms with Crippen molar-refractivity contribution < 1.29 is 22.8 Å². The van der Waals surface area contributed by atoms with E-state index in [1.165, 1.54) is 145 Å². The van der Waals surface area contributed by atoms with Gasteiger partial charge in [-0.2, -0.15) is 0 Å². The van der Waals surface area contributed by atoms with Gasteiger partial charge in [-0.3, -0.25) is 0 Å². The third-order valence-corrected chi connectivity index (χ3v) is 18.7. The predicted molar refractivity (Wildman–Crippen MR) is 421 cm³/mol. The molecule has 0 bridgehead atoms. The van der Waals surface area contributed by atoms with Crippen LogP contribution in [0.1, 0.15) is 33.4 Å². The van der Waals surface area contributed by atoms with Crippen LogP contribution in [0, 0.1) is 41.5 Å². The number of benzene rings is 10. The van der Waals surface area contributed by atoms with Gasteiger partial charge in [-0.25, -0.2) is 22.8 Å². The molecule has 15 aromatic rings. The number of rotatable bonds is 10. The molecule has 15 rings (SSSR count). The summed E-state index contributed by atoms with van der Waals surface area (Å²) in [5.74, 6) is 0. The van der Waals surface area contributed by atoms with Crippen LogP contribution in [0.2, 0.25) is 0 Å². The summed E-state index contributed by atoms with van der Waals surface area (Å²) in [6.07, 6.45) is 10.7. The lowest BCUT2D eigenvalue weighted by molar-refractivity contribution is -0.660. The average Bonchev–Trinajstić information content (AvgIpc) is 0.835. The van der Waals surface area contributed by atoms with E-state index >= 15 is 0 Å². The molecule has 0 spiro atoms. The van der Waals surface area contributed by atoms with Gasteiger partial charge in [0.05, 0.1) is 0 Å².